The van der Waals surface area contributed by atoms with Crippen LogP contribution in [0.15, 0.2) is 0 Å². The summed E-state index contributed by atoms with van der Waals surface area (Å²) < 4.78 is 0. The fourth-order valence-corrected chi connectivity index (χ4v) is 1.88. The van der Waals surface area contributed by atoms with E-state index < -0.39 is 0 Å². The highest BCUT2D eigenvalue weighted by Gasteiger charge is 2.29. The van der Waals surface area contributed by atoms with Crippen LogP contribution in [-0.2, 0) is 9.59 Å². The molecule has 0 saturated heterocycles. The Bertz CT molecular complexity index is 235. The minimum Gasteiger partial charge on any atom is -0.354 e. The summed E-state index contributed by atoms with van der Waals surface area (Å²) in [6.07, 6.45) is 2.01. The molecule has 3 nitrogen and oxygen atoms in total. The third kappa shape index (κ3) is 2.82. The van der Waals surface area contributed by atoms with Gasteiger partial charge in [-0.05, 0) is 26.7 Å². The molecule has 3 heteroatoms. The van der Waals surface area contributed by atoms with Crippen molar-refractivity contribution in [3.05, 3.63) is 0 Å². The largest absolute Gasteiger partial charge is 0.354 e. The summed E-state index contributed by atoms with van der Waals surface area (Å²) in [5.41, 5.74) is 0. The molecule has 1 aliphatic carbocycles. The van der Waals surface area contributed by atoms with E-state index in [9.17, 15) is 9.59 Å². The topological polar surface area (TPSA) is 46.2 Å². The minimum absolute atomic E-state index is 0.0464. The first-order valence-corrected chi connectivity index (χ1v) is 5.33. The van der Waals surface area contributed by atoms with Crippen LogP contribution in [0.25, 0.3) is 0 Å². The van der Waals surface area contributed by atoms with Gasteiger partial charge in [-0.1, -0.05) is 6.92 Å². The van der Waals surface area contributed by atoms with Gasteiger partial charge in [-0.3, -0.25) is 9.59 Å². The highest BCUT2D eigenvalue weighted by molar-refractivity contribution is 5.86. The first kappa shape index (κ1) is 11.2. The molecule has 14 heavy (non-hydrogen) atoms. The third-order valence-electron chi connectivity index (χ3n) is 2.73. The third-order valence-corrected chi connectivity index (χ3v) is 2.73. The van der Waals surface area contributed by atoms with E-state index in [1.165, 1.54) is 0 Å². The Hall–Kier alpha value is -0.860. The van der Waals surface area contributed by atoms with Crippen molar-refractivity contribution >= 4 is 11.7 Å². The molecule has 0 spiro atoms. The molecule has 0 bridgehead atoms. The predicted molar refractivity (Wildman–Crippen MR) is 54.8 cm³/mol. The zero-order valence-electron chi connectivity index (χ0n) is 9.17. The van der Waals surface area contributed by atoms with Crippen molar-refractivity contribution in [2.24, 2.45) is 11.8 Å². The molecule has 0 heterocycles. The van der Waals surface area contributed by atoms with E-state index in [4.69, 9.17) is 0 Å². The molecule has 1 amide bonds. The second-order valence-corrected chi connectivity index (χ2v) is 4.50. The highest BCUT2D eigenvalue weighted by Crippen LogP contribution is 2.26. The van der Waals surface area contributed by atoms with Crippen molar-refractivity contribution in [2.45, 2.75) is 46.1 Å². The average molecular weight is 197 g/mol. The molecule has 1 rings (SSSR count). The van der Waals surface area contributed by atoms with Gasteiger partial charge in [-0.2, -0.15) is 0 Å². The molecular formula is C11H19NO2. The maximum Gasteiger partial charge on any atom is 0.223 e. The molecule has 0 aromatic rings. The zero-order valence-corrected chi connectivity index (χ0v) is 9.17. The number of carbonyl (C=O) groups excluding carboxylic acids is 2. The number of amides is 1. The second kappa shape index (κ2) is 4.58. The molecule has 1 aliphatic rings. The highest BCUT2D eigenvalue weighted by atomic mass is 16.2. The predicted octanol–water partition coefficient (Wildman–Crippen LogP) is 1.52. The van der Waals surface area contributed by atoms with Crippen LogP contribution >= 0.6 is 0 Å². The molecule has 0 radical (unpaired) electrons. The van der Waals surface area contributed by atoms with Gasteiger partial charge in [0.25, 0.3) is 0 Å². The lowest BCUT2D eigenvalue weighted by Gasteiger charge is -2.25. The van der Waals surface area contributed by atoms with Crippen molar-refractivity contribution in [3.8, 4) is 0 Å². The molecule has 2 atom stereocenters. The normalized spacial score (nSPS) is 27.9. The quantitative estimate of drug-likeness (QED) is 0.729. The summed E-state index contributed by atoms with van der Waals surface area (Å²) in [5, 5.41) is 2.90. The Labute approximate surface area is 85.3 Å². The number of Topliss-reactive ketones (excluding diaryl/α,β-unsaturated/α-hetero) is 1. The Balaban J connectivity index is 2.46. The first-order valence-electron chi connectivity index (χ1n) is 5.33. The molecule has 80 valence electrons. The number of ketones is 1. The van der Waals surface area contributed by atoms with E-state index in [-0.39, 0.29) is 23.8 Å². The van der Waals surface area contributed by atoms with Crippen molar-refractivity contribution in [1.29, 1.82) is 0 Å². The average Bonchev–Trinajstić information content (AvgIpc) is 2.08. The number of rotatable bonds is 2. The fourth-order valence-electron chi connectivity index (χ4n) is 1.88. The molecular weight excluding hydrogens is 178 g/mol. The zero-order chi connectivity index (χ0) is 10.7. The summed E-state index contributed by atoms with van der Waals surface area (Å²) in [7, 11) is 0. The van der Waals surface area contributed by atoms with Gasteiger partial charge in [-0.15, -0.1) is 0 Å². The Morgan fingerprint density at radius 1 is 1.50 bits per heavy atom. The lowest BCUT2D eigenvalue weighted by Crippen LogP contribution is -2.39. The van der Waals surface area contributed by atoms with Crippen LogP contribution in [0.2, 0.25) is 0 Å². The summed E-state index contributed by atoms with van der Waals surface area (Å²) >= 11 is 0. The number of carbonyl (C=O) groups is 2. The molecule has 0 aromatic carbocycles. The maximum atomic E-state index is 11.6. The van der Waals surface area contributed by atoms with Gasteiger partial charge in [0.15, 0.2) is 0 Å². The minimum atomic E-state index is 0.0464. The van der Waals surface area contributed by atoms with Crippen LogP contribution in [0.4, 0.5) is 0 Å². The van der Waals surface area contributed by atoms with Crippen molar-refractivity contribution in [2.75, 3.05) is 0 Å². The summed E-state index contributed by atoms with van der Waals surface area (Å²) in [5.74, 6) is 0.523. The summed E-state index contributed by atoms with van der Waals surface area (Å²) in [6, 6.07) is 0.190. The van der Waals surface area contributed by atoms with Gasteiger partial charge in [0.05, 0.1) is 0 Å². The molecule has 0 unspecified atom stereocenters. The van der Waals surface area contributed by atoms with Gasteiger partial charge in [0, 0.05) is 24.3 Å². The van der Waals surface area contributed by atoms with Crippen LogP contribution in [0.3, 0.4) is 0 Å². The SMILES string of the molecule is CC(C)NC(=O)[C@@H]1CCC(=O)[C@@H](C)C1. The van der Waals surface area contributed by atoms with E-state index in [1.807, 2.05) is 20.8 Å². The molecule has 1 saturated carbocycles. The van der Waals surface area contributed by atoms with E-state index in [0.717, 1.165) is 12.8 Å². The van der Waals surface area contributed by atoms with Crippen molar-refractivity contribution < 1.29 is 9.59 Å². The lowest BCUT2D eigenvalue weighted by atomic mass is 9.81. The van der Waals surface area contributed by atoms with Crippen LogP contribution < -0.4 is 5.32 Å². The lowest BCUT2D eigenvalue weighted by molar-refractivity contribution is -0.131. The Morgan fingerprint density at radius 2 is 2.14 bits per heavy atom. The van der Waals surface area contributed by atoms with Gasteiger partial charge in [0.1, 0.15) is 5.78 Å². The van der Waals surface area contributed by atoms with Crippen LogP contribution in [0.1, 0.15) is 40.0 Å². The van der Waals surface area contributed by atoms with Crippen molar-refractivity contribution in [1.82, 2.24) is 5.32 Å². The molecule has 0 aromatic heterocycles. The first-order chi connectivity index (χ1) is 6.50. The van der Waals surface area contributed by atoms with E-state index in [1.54, 1.807) is 0 Å². The number of nitrogens with one attached hydrogen (secondary N) is 1. The summed E-state index contributed by atoms with van der Waals surface area (Å²) in [6.45, 7) is 5.82. The van der Waals surface area contributed by atoms with E-state index in [2.05, 4.69) is 5.32 Å². The van der Waals surface area contributed by atoms with E-state index in [0.29, 0.717) is 12.2 Å². The van der Waals surface area contributed by atoms with Crippen LogP contribution in [0.5, 0.6) is 0 Å². The number of hydrogen-bond donors (Lipinski definition) is 1. The molecule has 1 fully saturated rings. The van der Waals surface area contributed by atoms with Crippen molar-refractivity contribution in [3.63, 3.8) is 0 Å². The molecule has 0 aliphatic heterocycles. The van der Waals surface area contributed by atoms with Gasteiger partial charge in [0.2, 0.25) is 5.91 Å². The fraction of sp³-hybridized carbons (Fsp3) is 0.818. The van der Waals surface area contributed by atoms with E-state index >= 15 is 0 Å². The van der Waals surface area contributed by atoms with Crippen LogP contribution in [-0.4, -0.2) is 17.7 Å². The molecule has 1 N–H and O–H groups in total. The monoisotopic (exact) mass is 197 g/mol. The maximum absolute atomic E-state index is 11.6. The van der Waals surface area contributed by atoms with Gasteiger partial charge >= 0.3 is 0 Å². The van der Waals surface area contributed by atoms with Crippen LogP contribution in [0, 0.1) is 11.8 Å². The Kier molecular flexibility index (Phi) is 3.67. The smallest absolute Gasteiger partial charge is 0.223 e. The Morgan fingerprint density at radius 3 is 2.64 bits per heavy atom. The standard InChI is InChI=1S/C11H19NO2/c1-7(2)12-11(14)9-4-5-10(13)8(3)6-9/h7-9H,4-6H2,1-3H3,(H,12,14)/t8-,9+/m0/s1. The number of hydrogen-bond acceptors (Lipinski definition) is 2. The second-order valence-electron chi connectivity index (χ2n) is 4.50. The summed E-state index contributed by atoms with van der Waals surface area (Å²) in [4.78, 5) is 22.9. The van der Waals surface area contributed by atoms with Gasteiger partial charge < -0.3 is 5.32 Å². The van der Waals surface area contributed by atoms with Gasteiger partial charge in [-0.25, -0.2) is 0 Å².